The molecule has 1 unspecified atom stereocenters. The molecule has 0 spiro atoms. The molecule has 1 atom stereocenters. The predicted octanol–water partition coefficient (Wildman–Crippen LogP) is 16.9. The lowest BCUT2D eigenvalue weighted by molar-refractivity contribution is -0.166. The highest BCUT2D eigenvalue weighted by molar-refractivity contribution is 5.71. The molecule has 0 saturated heterocycles. The first kappa shape index (κ1) is 60.3. The summed E-state index contributed by atoms with van der Waals surface area (Å²) < 4.78 is 16.6. The van der Waals surface area contributed by atoms with Crippen LogP contribution in [0.2, 0.25) is 0 Å². The highest BCUT2D eigenvalue weighted by Gasteiger charge is 2.19. The van der Waals surface area contributed by atoms with E-state index in [1.165, 1.54) is 38.5 Å². The van der Waals surface area contributed by atoms with Crippen molar-refractivity contribution in [2.75, 3.05) is 13.2 Å². The highest BCUT2D eigenvalue weighted by Crippen LogP contribution is 2.09. The summed E-state index contributed by atoms with van der Waals surface area (Å²) in [4.78, 5) is 37.9. The van der Waals surface area contributed by atoms with Crippen LogP contribution >= 0.6 is 0 Å². The summed E-state index contributed by atoms with van der Waals surface area (Å²) >= 11 is 0. The van der Waals surface area contributed by atoms with E-state index in [0.717, 1.165) is 89.9 Å². The molecule has 0 aliphatic carbocycles. The van der Waals surface area contributed by atoms with Crippen molar-refractivity contribution < 1.29 is 28.6 Å². The molecule has 6 heteroatoms. The van der Waals surface area contributed by atoms with Crippen molar-refractivity contribution in [2.45, 2.75) is 194 Å². The van der Waals surface area contributed by atoms with Crippen molar-refractivity contribution in [1.82, 2.24) is 0 Å². The number of hydrogen-bond acceptors (Lipinski definition) is 6. The molecule has 0 fully saturated rings. The Labute approximate surface area is 397 Å². The van der Waals surface area contributed by atoms with Crippen LogP contribution in [0, 0.1) is 0 Å². The fourth-order valence-corrected chi connectivity index (χ4v) is 6.09. The van der Waals surface area contributed by atoms with Crippen LogP contribution in [0.15, 0.2) is 146 Å². The van der Waals surface area contributed by atoms with Gasteiger partial charge in [-0.2, -0.15) is 0 Å². The second-order valence-corrected chi connectivity index (χ2v) is 16.0. The molecule has 0 N–H and O–H groups in total. The summed E-state index contributed by atoms with van der Waals surface area (Å²) in [7, 11) is 0. The first-order valence-corrected chi connectivity index (χ1v) is 25.3. The zero-order valence-corrected chi connectivity index (χ0v) is 41.2. The van der Waals surface area contributed by atoms with Crippen LogP contribution in [0.5, 0.6) is 0 Å². The summed E-state index contributed by atoms with van der Waals surface area (Å²) in [6.07, 6.45) is 74.3. The number of ether oxygens (including phenoxy) is 3. The van der Waals surface area contributed by atoms with E-state index < -0.39 is 12.1 Å². The number of unbranched alkanes of at least 4 members (excludes halogenated alkanes) is 8. The predicted molar refractivity (Wildman–Crippen MR) is 279 cm³/mol. The van der Waals surface area contributed by atoms with Crippen molar-refractivity contribution in [1.29, 1.82) is 0 Å². The molecule has 65 heavy (non-hydrogen) atoms. The maximum absolute atomic E-state index is 12.8. The van der Waals surface area contributed by atoms with Gasteiger partial charge >= 0.3 is 17.9 Å². The highest BCUT2D eigenvalue weighted by atomic mass is 16.6. The van der Waals surface area contributed by atoms with Gasteiger partial charge in [-0.1, -0.05) is 199 Å². The molecule has 0 aliphatic rings. The molecule has 0 amide bonds. The molecule has 0 aliphatic heterocycles. The topological polar surface area (TPSA) is 78.9 Å². The molecule has 0 aromatic carbocycles. The minimum absolute atomic E-state index is 0.154. The van der Waals surface area contributed by atoms with E-state index in [9.17, 15) is 14.4 Å². The number of allylic oxidation sites excluding steroid dienone is 24. The van der Waals surface area contributed by atoms with Crippen molar-refractivity contribution >= 4 is 17.9 Å². The number of esters is 3. The third-order valence-corrected chi connectivity index (χ3v) is 9.82. The largest absolute Gasteiger partial charge is 0.462 e. The molecule has 0 bridgehead atoms. The van der Waals surface area contributed by atoms with Crippen LogP contribution in [0.25, 0.3) is 0 Å². The summed E-state index contributed by atoms with van der Waals surface area (Å²) in [6, 6.07) is 0. The van der Waals surface area contributed by atoms with Crippen LogP contribution in [-0.2, 0) is 28.6 Å². The average Bonchev–Trinajstić information content (AvgIpc) is 3.30. The van der Waals surface area contributed by atoms with E-state index in [0.29, 0.717) is 19.3 Å². The van der Waals surface area contributed by atoms with Gasteiger partial charge in [0.2, 0.25) is 0 Å². The Balaban J connectivity index is 4.67. The van der Waals surface area contributed by atoms with E-state index in [1.54, 1.807) is 0 Å². The van der Waals surface area contributed by atoms with E-state index in [4.69, 9.17) is 14.2 Å². The van der Waals surface area contributed by atoms with Crippen LogP contribution in [0.4, 0.5) is 0 Å². The Morgan fingerprint density at radius 2 is 0.631 bits per heavy atom. The summed E-state index contributed by atoms with van der Waals surface area (Å²) in [5, 5.41) is 0. The molecule has 0 heterocycles. The van der Waals surface area contributed by atoms with Gasteiger partial charge in [0.05, 0.1) is 0 Å². The van der Waals surface area contributed by atoms with Crippen LogP contribution in [0.3, 0.4) is 0 Å². The number of carbonyl (C=O) groups is 3. The van der Waals surface area contributed by atoms with E-state index in [1.807, 2.05) is 6.08 Å². The molecule has 6 nitrogen and oxygen atoms in total. The van der Waals surface area contributed by atoms with E-state index in [2.05, 4.69) is 161 Å². The lowest BCUT2D eigenvalue weighted by Gasteiger charge is -2.18. The Morgan fingerprint density at radius 3 is 1.03 bits per heavy atom. The molecule has 362 valence electrons. The number of hydrogen-bond donors (Lipinski definition) is 0. The van der Waals surface area contributed by atoms with Crippen LogP contribution in [-0.4, -0.2) is 37.2 Å². The van der Waals surface area contributed by atoms with Gasteiger partial charge in [0.1, 0.15) is 13.2 Å². The van der Waals surface area contributed by atoms with Crippen molar-refractivity contribution in [3.05, 3.63) is 146 Å². The molecule has 0 aromatic rings. The normalized spacial score (nSPS) is 13.3. The quantitative estimate of drug-likeness (QED) is 0.0263. The smallest absolute Gasteiger partial charge is 0.306 e. The summed E-state index contributed by atoms with van der Waals surface area (Å²) in [5.74, 6) is -1.15. The van der Waals surface area contributed by atoms with Crippen molar-refractivity contribution in [2.24, 2.45) is 0 Å². The van der Waals surface area contributed by atoms with Crippen molar-refractivity contribution in [3.8, 4) is 0 Å². The molecule has 0 radical (unpaired) electrons. The Kier molecular flexibility index (Phi) is 48.2. The van der Waals surface area contributed by atoms with Gasteiger partial charge in [0.15, 0.2) is 6.10 Å². The Morgan fingerprint density at radius 1 is 0.323 bits per heavy atom. The van der Waals surface area contributed by atoms with Gasteiger partial charge < -0.3 is 14.2 Å². The molecular formula is C59H90O6. The number of rotatable bonds is 43. The van der Waals surface area contributed by atoms with Gasteiger partial charge in [-0.05, 0) is 116 Å². The van der Waals surface area contributed by atoms with Gasteiger partial charge in [-0.15, -0.1) is 0 Å². The number of carbonyl (C=O) groups excluding carboxylic acids is 3. The fraction of sp³-hybridized carbons (Fsp3) is 0.542. The molecule has 0 saturated carbocycles. The minimum Gasteiger partial charge on any atom is -0.462 e. The summed E-state index contributed by atoms with van der Waals surface area (Å²) in [6.45, 7) is 6.22. The maximum Gasteiger partial charge on any atom is 0.306 e. The zero-order chi connectivity index (χ0) is 47.2. The van der Waals surface area contributed by atoms with Gasteiger partial charge in [0.25, 0.3) is 0 Å². The standard InChI is InChI=1S/C59H90O6/c1-4-7-10-13-16-19-22-25-27-29-31-34-37-40-43-46-49-52-58(61)64-55-56(54-63-57(60)51-48-45-42-39-36-33-24-21-18-15-12-9-6-3)65-59(62)53-50-47-44-41-38-35-32-30-28-26-23-20-17-14-11-8-5-2/h7-8,10-11,16-17,19-20,25-28,31-36,40-45,56H,4-6,9,12-15,18,21-24,29-30,37-39,46-55H2,1-3H3/b10-7+,11-8+,19-16+,20-17+,27-25+,28-26+,34-31+,35-32+,36-33+,43-40+,44-41+,45-42+. The van der Waals surface area contributed by atoms with Gasteiger partial charge in [-0.3, -0.25) is 14.4 Å². The first-order chi connectivity index (χ1) is 32.0. The summed E-state index contributed by atoms with van der Waals surface area (Å²) in [5.41, 5.74) is 0. The maximum atomic E-state index is 12.8. The lowest BCUT2D eigenvalue weighted by atomic mass is 10.1. The SMILES string of the molecule is CC/C=C/C/C=C/C/C=C/C/C=C/C/C=C/CCCC(=O)OCC(COC(=O)CC/C=C/C/C=C/CCCCCCCC)OC(=O)CCC/C=C/C/C=C/C/C=C/C/C=C/C/C=C/CC. The monoisotopic (exact) mass is 895 g/mol. The second-order valence-electron chi connectivity index (χ2n) is 16.0. The fourth-order valence-electron chi connectivity index (χ4n) is 6.09. The average molecular weight is 895 g/mol. The Hall–Kier alpha value is -4.71. The molecular weight excluding hydrogens is 805 g/mol. The third-order valence-electron chi connectivity index (χ3n) is 9.82. The van der Waals surface area contributed by atoms with Crippen LogP contribution < -0.4 is 0 Å². The second kappa shape index (κ2) is 51.9. The molecule has 0 rings (SSSR count). The lowest BCUT2D eigenvalue weighted by Crippen LogP contribution is -2.30. The molecule has 0 aromatic heterocycles. The van der Waals surface area contributed by atoms with E-state index >= 15 is 0 Å². The van der Waals surface area contributed by atoms with E-state index in [-0.39, 0.29) is 44.4 Å². The third kappa shape index (κ3) is 50.2. The minimum atomic E-state index is -0.859. The van der Waals surface area contributed by atoms with Crippen molar-refractivity contribution in [3.63, 3.8) is 0 Å². The Bertz CT molecular complexity index is 1490. The van der Waals surface area contributed by atoms with Crippen LogP contribution in [0.1, 0.15) is 188 Å². The first-order valence-electron chi connectivity index (χ1n) is 25.3. The van der Waals surface area contributed by atoms with Gasteiger partial charge in [-0.25, -0.2) is 0 Å². The van der Waals surface area contributed by atoms with Gasteiger partial charge in [0, 0.05) is 19.3 Å². The zero-order valence-electron chi connectivity index (χ0n) is 41.2.